The van der Waals surface area contributed by atoms with E-state index in [4.69, 9.17) is 9.47 Å². The average Bonchev–Trinajstić information content (AvgIpc) is 3.06. The van der Waals surface area contributed by atoms with Gasteiger partial charge in [0, 0.05) is 38.1 Å². The Bertz CT molecular complexity index is 695. The molecule has 0 aliphatic carbocycles. The molecule has 2 N–H and O–H groups in total. The summed E-state index contributed by atoms with van der Waals surface area (Å²) < 4.78 is 12.9. The number of hydrogen-bond acceptors (Lipinski definition) is 5. The molecule has 1 fully saturated rings. The lowest BCUT2D eigenvalue weighted by atomic mass is 10.0. The second kappa shape index (κ2) is 7.46. The Kier molecular flexibility index (Phi) is 5.12. The first-order chi connectivity index (χ1) is 11.7. The summed E-state index contributed by atoms with van der Waals surface area (Å²) in [5.74, 6) is 1.27. The van der Waals surface area contributed by atoms with Crippen LogP contribution in [0, 0.1) is 0 Å². The van der Waals surface area contributed by atoms with Gasteiger partial charge in [-0.25, -0.2) is 4.98 Å². The van der Waals surface area contributed by atoms with Gasteiger partial charge in [-0.3, -0.25) is 4.79 Å². The fraction of sp³-hybridized carbons (Fsp3) is 0.412. The molecule has 2 atom stereocenters. The zero-order chi connectivity index (χ0) is 16.9. The molecular formula is C17H22N4O3. The number of methoxy groups -OCH3 is 1. The number of rotatable bonds is 5. The minimum atomic E-state index is -0.503. The molecule has 1 amide bonds. The van der Waals surface area contributed by atoms with Gasteiger partial charge < -0.3 is 24.7 Å². The van der Waals surface area contributed by atoms with Gasteiger partial charge in [0.25, 0.3) is 5.91 Å². The van der Waals surface area contributed by atoms with Gasteiger partial charge in [0.1, 0.15) is 23.7 Å². The molecule has 1 saturated heterocycles. The molecule has 0 spiro atoms. The van der Waals surface area contributed by atoms with E-state index in [9.17, 15) is 4.79 Å². The number of morpholine rings is 1. The van der Waals surface area contributed by atoms with Crippen molar-refractivity contribution in [2.75, 3.05) is 26.8 Å². The van der Waals surface area contributed by atoms with Gasteiger partial charge in [0.15, 0.2) is 0 Å². The van der Waals surface area contributed by atoms with Crippen LogP contribution in [0.25, 0.3) is 0 Å². The number of para-hydroxylation sites is 1. The highest BCUT2D eigenvalue weighted by Gasteiger charge is 2.28. The Labute approximate surface area is 141 Å². The van der Waals surface area contributed by atoms with E-state index in [1.165, 1.54) is 0 Å². The highest BCUT2D eigenvalue weighted by molar-refractivity contribution is 5.82. The maximum Gasteiger partial charge on any atom is 0.251 e. The van der Waals surface area contributed by atoms with E-state index < -0.39 is 12.1 Å². The molecule has 1 aromatic carbocycles. The van der Waals surface area contributed by atoms with Crippen molar-refractivity contribution in [1.29, 1.82) is 0 Å². The summed E-state index contributed by atoms with van der Waals surface area (Å²) in [4.78, 5) is 17.0. The van der Waals surface area contributed by atoms with Crippen LogP contribution in [0.2, 0.25) is 0 Å². The van der Waals surface area contributed by atoms with Crippen LogP contribution < -0.4 is 15.4 Å². The van der Waals surface area contributed by atoms with Crippen LogP contribution in [0.3, 0.4) is 0 Å². The van der Waals surface area contributed by atoms with Gasteiger partial charge in [-0.05, 0) is 6.07 Å². The second-order valence-electron chi connectivity index (χ2n) is 5.64. The van der Waals surface area contributed by atoms with Gasteiger partial charge in [0.05, 0.1) is 13.7 Å². The van der Waals surface area contributed by atoms with Gasteiger partial charge in [-0.2, -0.15) is 0 Å². The fourth-order valence-corrected chi connectivity index (χ4v) is 2.81. The van der Waals surface area contributed by atoms with Crippen LogP contribution in [-0.2, 0) is 16.6 Å². The smallest absolute Gasteiger partial charge is 0.251 e. The summed E-state index contributed by atoms with van der Waals surface area (Å²) in [6.07, 6.45) is 3.06. The molecule has 128 valence electrons. The SMILES string of the molecule is COc1ccccc1[C@H](NC(=O)[C@@H]1CNCCO1)c1nccn1C. The minimum absolute atomic E-state index is 0.166. The predicted octanol–water partition coefficient (Wildman–Crippen LogP) is 0.623. The molecule has 1 aliphatic rings. The number of nitrogens with zero attached hydrogens (tertiary/aromatic N) is 2. The molecule has 0 saturated carbocycles. The van der Waals surface area contributed by atoms with E-state index in [-0.39, 0.29) is 5.91 Å². The Balaban J connectivity index is 1.91. The number of imidazole rings is 1. The lowest BCUT2D eigenvalue weighted by molar-refractivity contribution is -0.134. The number of carbonyl (C=O) groups excluding carboxylic acids is 1. The van der Waals surface area contributed by atoms with Crippen LogP contribution in [0.4, 0.5) is 0 Å². The number of hydrogen-bond donors (Lipinski definition) is 2. The summed E-state index contributed by atoms with van der Waals surface area (Å²) in [7, 11) is 3.51. The number of aromatic nitrogens is 2. The molecule has 2 heterocycles. The van der Waals surface area contributed by atoms with Gasteiger partial charge >= 0.3 is 0 Å². The summed E-state index contributed by atoms with van der Waals surface area (Å²) in [5, 5.41) is 6.22. The maximum absolute atomic E-state index is 12.6. The molecule has 2 aromatic rings. The monoisotopic (exact) mass is 330 g/mol. The van der Waals surface area contributed by atoms with Crippen molar-refractivity contribution in [3.8, 4) is 5.75 Å². The molecule has 1 aliphatic heterocycles. The molecule has 3 rings (SSSR count). The topological polar surface area (TPSA) is 77.4 Å². The molecule has 1 aromatic heterocycles. The van der Waals surface area contributed by atoms with Crippen molar-refractivity contribution in [2.24, 2.45) is 7.05 Å². The third-order valence-electron chi connectivity index (χ3n) is 4.07. The van der Waals surface area contributed by atoms with E-state index in [1.807, 2.05) is 42.1 Å². The number of benzene rings is 1. The van der Waals surface area contributed by atoms with Crippen LogP contribution in [0.1, 0.15) is 17.4 Å². The summed E-state index contributed by atoms with van der Waals surface area (Å²) in [5.41, 5.74) is 0.853. The number of aryl methyl sites for hydroxylation is 1. The lowest BCUT2D eigenvalue weighted by Crippen LogP contribution is -2.49. The number of carbonyl (C=O) groups is 1. The number of amides is 1. The first kappa shape index (κ1) is 16.5. The van der Waals surface area contributed by atoms with Crippen LogP contribution in [0.5, 0.6) is 5.75 Å². The number of ether oxygens (including phenoxy) is 2. The van der Waals surface area contributed by atoms with E-state index in [2.05, 4.69) is 15.6 Å². The van der Waals surface area contributed by atoms with Crippen molar-refractivity contribution in [2.45, 2.75) is 12.1 Å². The van der Waals surface area contributed by atoms with E-state index in [0.717, 1.165) is 17.9 Å². The predicted molar refractivity (Wildman–Crippen MR) is 88.8 cm³/mol. The Morgan fingerprint density at radius 2 is 2.33 bits per heavy atom. The molecule has 0 bridgehead atoms. The lowest BCUT2D eigenvalue weighted by Gasteiger charge is -2.26. The zero-order valence-corrected chi connectivity index (χ0v) is 13.9. The highest BCUT2D eigenvalue weighted by Crippen LogP contribution is 2.29. The fourth-order valence-electron chi connectivity index (χ4n) is 2.81. The highest BCUT2D eigenvalue weighted by atomic mass is 16.5. The van der Waals surface area contributed by atoms with Crippen molar-refractivity contribution in [1.82, 2.24) is 20.2 Å². The largest absolute Gasteiger partial charge is 0.496 e. The zero-order valence-electron chi connectivity index (χ0n) is 13.9. The second-order valence-corrected chi connectivity index (χ2v) is 5.64. The van der Waals surface area contributed by atoms with Gasteiger partial charge in [-0.15, -0.1) is 0 Å². The first-order valence-electron chi connectivity index (χ1n) is 7.93. The van der Waals surface area contributed by atoms with E-state index in [1.54, 1.807) is 13.3 Å². The van der Waals surface area contributed by atoms with Crippen LogP contribution in [0.15, 0.2) is 36.7 Å². The number of nitrogens with one attached hydrogen (secondary N) is 2. The van der Waals surface area contributed by atoms with Crippen molar-refractivity contribution < 1.29 is 14.3 Å². The van der Waals surface area contributed by atoms with Crippen LogP contribution >= 0.6 is 0 Å². The third kappa shape index (κ3) is 3.42. The Morgan fingerprint density at radius 1 is 1.50 bits per heavy atom. The Morgan fingerprint density at radius 3 is 3.00 bits per heavy atom. The molecule has 7 heteroatoms. The molecule has 0 unspecified atom stereocenters. The quantitative estimate of drug-likeness (QED) is 0.840. The van der Waals surface area contributed by atoms with Crippen molar-refractivity contribution in [3.63, 3.8) is 0 Å². The molecule has 7 nitrogen and oxygen atoms in total. The van der Waals surface area contributed by atoms with Gasteiger partial charge in [-0.1, -0.05) is 18.2 Å². The van der Waals surface area contributed by atoms with Crippen molar-refractivity contribution in [3.05, 3.63) is 48.0 Å². The van der Waals surface area contributed by atoms with Crippen LogP contribution in [-0.4, -0.2) is 48.4 Å². The average molecular weight is 330 g/mol. The molecular weight excluding hydrogens is 308 g/mol. The normalized spacial score (nSPS) is 18.8. The standard InChI is InChI=1S/C17H22N4O3/c1-21-9-7-19-16(21)15(12-5-3-4-6-13(12)23-2)20-17(22)14-11-18-8-10-24-14/h3-7,9,14-15,18H,8,10-11H2,1-2H3,(H,20,22)/t14-,15-/m0/s1. The minimum Gasteiger partial charge on any atom is -0.496 e. The van der Waals surface area contributed by atoms with Crippen molar-refractivity contribution >= 4 is 5.91 Å². The van der Waals surface area contributed by atoms with E-state index >= 15 is 0 Å². The summed E-state index contributed by atoms with van der Waals surface area (Å²) in [6.45, 7) is 1.80. The molecule has 24 heavy (non-hydrogen) atoms. The summed E-state index contributed by atoms with van der Waals surface area (Å²) in [6, 6.07) is 7.19. The maximum atomic E-state index is 12.6. The summed E-state index contributed by atoms with van der Waals surface area (Å²) >= 11 is 0. The van der Waals surface area contributed by atoms with E-state index in [0.29, 0.717) is 18.9 Å². The first-order valence-corrected chi connectivity index (χ1v) is 7.93. The van der Waals surface area contributed by atoms with Gasteiger partial charge in [0.2, 0.25) is 0 Å². The Hall–Kier alpha value is -2.38. The third-order valence-corrected chi connectivity index (χ3v) is 4.07. The molecule has 0 radical (unpaired) electrons.